The van der Waals surface area contributed by atoms with Gasteiger partial charge in [-0.05, 0) is 38.7 Å². The third kappa shape index (κ3) is 5.97. The van der Waals surface area contributed by atoms with Crippen LogP contribution in [-0.4, -0.2) is 3.21 Å². The number of halogens is 2. The third-order valence-corrected chi connectivity index (χ3v) is 9.18. The SMILES string of the molecule is CC1=C(C)C(C)C(c2[c-]c3c(cc2)-c2ccccc2C3)=C1C.Cl.Cl.[Zr]=[C](c1ccccc1)c1ccccc1. The quantitative estimate of drug-likeness (QED) is 0.177. The molecule has 0 saturated heterocycles. The van der Waals surface area contributed by atoms with E-state index >= 15 is 0 Å². The molecule has 38 heavy (non-hydrogen) atoms. The van der Waals surface area contributed by atoms with Gasteiger partial charge in [-0.2, -0.15) is 0 Å². The van der Waals surface area contributed by atoms with Gasteiger partial charge in [-0.15, -0.1) is 59.7 Å². The van der Waals surface area contributed by atoms with E-state index in [0.29, 0.717) is 5.92 Å². The van der Waals surface area contributed by atoms with Crippen molar-refractivity contribution in [3.63, 3.8) is 0 Å². The molecule has 1 atom stereocenters. The van der Waals surface area contributed by atoms with Crippen LogP contribution in [0.3, 0.4) is 0 Å². The van der Waals surface area contributed by atoms with E-state index in [-0.39, 0.29) is 24.8 Å². The van der Waals surface area contributed by atoms with Crippen molar-refractivity contribution in [1.29, 1.82) is 0 Å². The summed E-state index contributed by atoms with van der Waals surface area (Å²) >= 11 is 1.46. The van der Waals surface area contributed by atoms with Crippen molar-refractivity contribution in [2.24, 2.45) is 5.92 Å². The van der Waals surface area contributed by atoms with Crippen molar-refractivity contribution in [2.75, 3.05) is 0 Å². The van der Waals surface area contributed by atoms with Crippen molar-refractivity contribution in [3.8, 4) is 11.1 Å². The van der Waals surface area contributed by atoms with Gasteiger partial charge in [0.25, 0.3) is 0 Å². The van der Waals surface area contributed by atoms with Gasteiger partial charge in [0.05, 0.1) is 0 Å². The predicted octanol–water partition coefficient (Wildman–Crippen LogP) is 9.46. The monoisotopic (exact) mass is 613 g/mol. The summed E-state index contributed by atoms with van der Waals surface area (Å²) in [6.07, 6.45) is 1.02. The second kappa shape index (κ2) is 13.2. The average molecular weight is 616 g/mol. The van der Waals surface area contributed by atoms with Crippen LogP contribution in [0.2, 0.25) is 0 Å². The molecule has 192 valence electrons. The molecule has 0 spiro atoms. The van der Waals surface area contributed by atoms with Gasteiger partial charge in [-0.1, -0.05) is 59.0 Å². The first kappa shape index (κ1) is 30.2. The second-order valence-electron chi connectivity index (χ2n) is 9.77. The molecule has 0 heterocycles. The number of fused-ring (bicyclic) bond motifs is 3. The number of hydrogen-bond acceptors (Lipinski definition) is 0. The van der Waals surface area contributed by atoms with E-state index in [1.807, 2.05) is 0 Å². The van der Waals surface area contributed by atoms with Crippen molar-refractivity contribution in [3.05, 3.63) is 148 Å². The van der Waals surface area contributed by atoms with E-state index in [4.69, 9.17) is 0 Å². The van der Waals surface area contributed by atoms with Gasteiger partial charge in [-0.3, -0.25) is 0 Å². The molecule has 0 amide bonds. The Bertz CT molecular complexity index is 1460. The number of allylic oxidation sites excluding steroid dienone is 4. The van der Waals surface area contributed by atoms with Crippen LogP contribution in [0.25, 0.3) is 16.7 Å². The van der Waals surface area contributed by atoms with Gasteiger partial charge < -0.3 is 0 Å². The molecule has 6 rings (SSSR count). The van der Waals surface area contributed by atoms with Crippen LogP contribution in [-0.2, 0) is 30.7 Å². The fraction of sp³-hybridized carbons (Fsp3) is 0.171. The van der Waals surface area contributed by atoms with E-state index < -0.39 is 0 Å². The molecule has 1 unspecified atom stereocenters. The normalized spacial score (nSPS) is 15.0. The molecule has 3 heteroatoms. The molecule has 2 aliphatic rings. The van der Waals surface area contributed by atoms with Crippen molar-refractivity contribution >= 4 is 33.6 Å². The Morgan fingerprint density at radius 2 is 1.24 bits per heavy atom. The molecular formula is C35H33Cl2Zr-. The van der Waals surface area contributed by atoms with E-state index in [1.165, 1.54) is 88.7 Å². The Kier molecular flexibility index (Phi) is 10.5. The van der Waals surface area contributed by atoms with Crippen molar-refractivity contribution in [2.45, 2.75) is 34.1 Å². The van der Waals surface area contributed by atoms with Gasteiger partial charge in [0, 0.05) is 0 Å². The molecule has 0 aromatic heterocycles. The first-order valence-electron chi connectivity index (χ1n) is 12.7. The van der Waals surface area contributed by atoms with Crippen LogP contribution in [0.15, 0.2) is 114 Å². The number of rotatable bonds is 3. The molecule has 4 aromatic carbocycles. The molecule has 0 bridgehead atoms. The average Bonchev–Trinajstić information content (AvgIpc) is 3.39. The summed E-state index contributed by atoms with van der Waals surface area (Å²) in [5, 5.41) is 0. The van der Waals surface area contributed by atoms with E-state index in [9.17, 15) is 0 Å². The van der Waals surface area contributed by atoms with Gasteiger partial charge in [-0.25, -0.2) is 0 Å². The zero-order valence-electron chi connectivity index (χ0n) is 22.3. The Morgan fingerprint density at radius 3 is 1.79 bits per heavy atom. The zero-order chi connectivity index (χ0) is 25.2. The Hall–Kier alpha value is -2.31. The molecule has 0 nitrogen and oxygen atoms in total. The maximum atomic E-state index is 3.73. The van der Waals surface area contributed by atoms with Crippen LogP contribution >= 0.6 is 24.8 Å². The van der Waals surface area contributed by atoms with Gasteiger partial charge in [0.15, 0.2) is 0 Å². The summed E-state index contributed by atoms with van der Waals surface area (Å²) in [5.74, 6) is 0.512. The summed E-state index contributed by atoms with van der Waals surface area (Å²) in [4.78, 5) is 0. The zero-order valence-corrected chi connectivity index (χ0v) is 26.4. The maximum absolute atomic E-state index is 3.73. The topological polar surface area (TPSA) is 0 Å². The predicted molar refractivity (Wildman–Crippen MR) is 164 cm³/mol. The van der Waals surface area contributed by atoms with Gasteiger partial charge >= 0.3 is 99.2 Å². The van der Waals surface area contributed by atoms with Crippen LogP contribution in [0, 0.1) is 12.0 Å². The molecule has 2 aliphatic carbocycles. The van der Waals surface area contributed by atoms with Gasteiger partial charge in [0.1, 0.15) is 0 Å². The molecule has 0 saturated carbocycles. The molecule has 0 N–H and O–H groups in total. The minimum atomic E-state index is 0. The second-order valence-corrected chi connectivity index (χ2v) is 11.0. The standard InChI is InChI=1S/C22H21.C13H10.2ClH.Zr/c1-13-14(2)16(4)22(15(13)3)18-9-10-21-19(12-18)11-17-7-5-6-8-20(17)21;1-3-7-12(8-4-1)11-13-9-5-2-6-10-13;;;/h5-10,15H,11H2,1-4H3;1-10H;2*1H;/q-1;;;;. The summed E-state index contributed by atoms with van der Waals surface area (Å²) in [5.41, 5.74) is 15.4. The fourth-order valence-electron chi connectivity index (χ4n) is 5.39. The first-order chi connectivity index (χ1) is 17.5. The molecule has 0 aliphatic heterocycles. The summed E-state index contributed by atoms with van der Waals surface area (Å²) in [6.45, 7) is 9.09. The summed E-state index contributed by atoms with van der Waals surface area (Å²) in [7, 11) is 0. The minimum absolute atomic E-state index is 0. The Balaban J connectivity index is 0.000000219. The van der Waals surface area contributed by atoms with E-state index in [1.54, 1.807) is 0 Å². The molecule has 0 radical (unpaired) electrons. The number of benzene rings is 4. The fourth-order valence-corrected chi connectivity index (χ4v) is 6.21. The van der Waals surface area contributed by atoms with Crippen LogP contribution in [0.1, 0.15) is 55.5 Å². The van der Waals surface area contributed by atoms with Gasteiger partial charge in [0.2, 0.25) is 0 Å². The third-order valence-electron chi connectivity index (χ3n) is 7.76. The van der Waals surface area contributed by atoms with E-state index in [2.05, 4.69) is 131 Å². The van der Waals surface area contributed by atoms with Crippen molar-refractivity contribution in [1.82, 2.24) is 0 Å². The van der Waals surface area contributed by atoms with E-state index in [0.717, 1.165) is 6.42 Å². The summed E-state index contributed by atoms with van der Waals surface area (Å²) < 4.78 is 1.42. The van der Waals surface area contributed by atoms with Crippen LogP contribution in [0.4, 0.5) is 0 Å². The number of hydrogen-bond donors (Lipinski definition) is 0. The molecule has 4 aromatic rings. The Morgan fingerprint density at radius 1 is 0.684 bits per heavy atom. The Labute approximate surface area is 255 Å². The van der Waals surface area contributed by atoms with Crippen LogP contribution in [0.5, 0.6) is 0 Å². The van der Waals surface area contributed by atoms with Crippen LogP contribution < -0.4 is 0 Å². The first-order valence-corrected chi connectivity index (χ1v) is 13.9. The van der Waals surface area contributed by atoms with Crippen molar-refractivity contribution < 1.29 is 24.2 Å². The summed E-state index contributed by atoms with van der Waals surface area (Å²) in [6, 6.07) is 38.1. The molecular weight excluding hydrogens is 583 g/mol. The molecule has 0 fully saturated rings.